The molecule has 1 amide bonds. The zero-order valence-corrected chi connectivity index (χ0v) is 20.3. The van der Waals surface area contributed by atoms with Crippen molar-refractivity contribution in [3.8, 4) is 22.8 Å². The number of aryl methyl sites for hydroxylation is 1. The van der Waals surface area contributed by atoms with Crippen LogP contribution in [0.2, 0.25) is 0 Å². The first kappa shape index (κ1) is 23.2. The maximum atomic E-state index is 13.0. The molecule has 0 unspecified atom stereocenters. The molecule has 180 valence electrons. The van der Waals surface area contributed by atoms with Crippen molar-refractivity contribution >= 4 is 22.5 Å². The lowest BCUT2D eigenvalue weighted by Gasteiger charge is -2.10. The van der Waals surface area contributed by atoms with E-state index in [2.05, 4.69) is 36.4 Å². The number of carbonyl (C=O) groups excluding carboxylic acids is 1. The molecule has 36 heavy (non-hydrogen) atoms. The molecule has 0 radical (unpaired) electrons. The molecular formula is C28H26N6O2. The van der Waals surface area contributed by atoms with Gasteiger partial charge in [-0.05, 0) is 68.5 Å². The number of nitrogens with zero attached hydrogens (tertiary/aromatic N) is 4. The number of nitrogens with one attached hydrogen (secondary N) is 2. The molecule has 0 fully saturated rings. The Balaban J connectivity index is 1.33. The Hall–Kier alpha value is -4.56. The number of amides is 1. The van der Waals surface area contributed by atoms with Crippen LogP contribution in [0.15, 0.2) is 79.3 Å². The minimum atomic E-state index is -0.327. The number of ether oxygens (including phenoxy) is 1. The standard InChI is InChI=1S/C28H26N6O2/c1-18-4-8-23(9-5-18)36-26-11-7-22(16-30-26)31-28(35)27-24-13-20(6-10-25(24)32-33-27)21-12-19(14-29-15-21)17-34(2)3/h4-16H,17H2,1-3H3,(H,31,35)(H,32,33). The molecule has 0 saturated heterocycles. The Bertz CT molecular complexity index is 1510. The van der Waals surface area contributed by atoms with Crippen LogP contribution in [0, 0.1) is 6.92 Å². The number of aromatic amines is 1. The fourth-order valence-electron chi connectivity index (χ4n) is 3.90. The summed E-state index contributed by atoms with van der Waals surface area (Å²) < 4.78 is 5.76. The molecule has 0 bridgehead atoms. The van der Waals surface area contributed by atoms with Crippen LogP contribution in [-0.2, 0) is 6.54 Å². The minimum absolute atomic E-state index is 0.309. The zero-order valence-electron chi connectivity index (χ0n) is 20.3. The summed E-state index contributed by atoms with van der Waals surface area (Å²) >= 11 is 0. The smallest absolute Gasteiger partial charge is 0.276 e. The van der Waals surface area contributed by atoms with E-state index >= 15 is 0 Å². The molecule has 2 N–H and O–H groups in total. The first-order chi connectivity index (χ1) is 17.4. The lowest BCUT2D eigenvalue weighted by atomic mass is 10.0. The van der Waals surface area contributed by atoms with Crippen LogP contribution in [-0.4, -0.2) is 45.1 Å². The predicted molar refractivity (Wildman–Crippen MR) is 140 cm³/mol. The van der Waals surface area contributed by atoms with Gasteiger partial charge in [-0.1, -0.05) is 23.8 Å². The molecular weight excluding hydrogens is 452 g/mol. The Morgan fingerprint density at radius 3 is 2.56 bits per heavy atom. The van der Waals surface area contributed by atoms with Gasteiger partial charge in [-0.15, -0.1) is 0 Å². The summed E-state index contributed by atoms with van der Waals surface area (Å²) in [6.07, 6.45) is 5.25. The van der Waals surface area contributed by atoms with Crippen LogP contribution in [0.25, 0.3) is 22.0 Å². The number of anilines is 1. The number of hydrogen-bond acceptors (Lipinski definition) is 6. The van der Waals surface area contributed by atoms with Gasteiger partial charge in [0.25, 0.3) is 5.91 Å². The van der Waals surface area contributed by atoms with E-state index < -0.39 is 0 Å². The summed E-state index contributed by atoms with van der Waals surface area (Å²) in [5.41, 5.74) is 5.85. The molecule has 3 heterocycles. The fourth-order valence-corrected chi connectivity index (χ4v) is 3.90. The van der Waals surface area contributed by atoms with Crippen molar-refractivity contribution in [2.24, 2.45) is 0 Å². The number of pyridine rings is 2. The third-order valence-corrected chi connectivity index (χ3v) is 5.64. The van der Waals surface area contributed by atoms with Crippen LogP contribution in [0.1, 0.15) is 21.6 Å². The van der Waals surface area contributed by atoms with E-state index in [1.54, 1.807) is 18.3 Å². The normalized spacial score (nSPS) is 11.1. The molecule has 0 aliphatic carbocycles. The van der Waals surface area contributed by atoms with Crippen LogP contribution >= 0.6 is 0 Å². The van der Waals surface area contributed by atoms with Crippen LogP contribution in [0.3, 0.4) is 0 Å². The van der Waals surface area contributed by atoms with Gasteiger partial charge in [-0.25, -0.2) is 4.98 Å². The van der Waals surface area contributed by atoms with Crippen molar-refractivity contribution in [2.45, 2.75) is 13.5 Å². The van der Waals surface area contributed by atoms with E-state index in [0.717, 1.165) is 39.7 Å². The van der Waals surface area contributed by atoms with Crippen molar-refractivity contribution < 1.29 is 9.53 Å². The molecule has 5 aromatic rings. The molecule has 0 aliphatic rings. The Morgan fingerprint density at radius 2 is 1.81 bits per heavy atom. The second kappa shape index (κ2) is 9.97. The molecule has 0 atom stereocenters. The molecule has 0 aliphatic heterocycles. The largest absolute Gasteiger partial charge is 0.439 e. The lowest BCUT2D eigenvalue weighted by molar-refractivity contribution is 0.102. The second-order valence-corrected chi connectivity index (χ2v) is 8.91. The third-order valence-electron chi connectivity index (χ3n) is 5.64. The quantitative estimate of drug-likeness (QED) is 0.324. The minimum Gasteiger partial charge on any atom is -0.439 e. The van der Waals surface area contributed by atoms with Gasteiger partial charge in [0.2, 0.25) is 5.88 Å². The van der Waals surface area contributed by atoms with Gasteiger partial charge < -0.3 is 15.0 Å². The molecule has 0 saturated carbocycles. The third kappa shape index (κ3) is 5.24. The molecule has 8 nitrogen and oxygen atoms in total. The molecule has 2 aromatic carbocycles. The predicted octanol–water partition coefficient (Wildman–Crippen LogP) is 5.43. The highest BCUT2D eigenvalue weighted by Crippen LogP contribution is 2.27. The van der Waals surface area contributed by atoms with Gasteiger partial charge in [0, 0.05) is 36.0 Å². The van der Waals surface area contributed by atoms with Gasteiger partial charge in [-0.3, -0.25) is 14.9 Å². The summed E-state index contributed by atoms with van der Waals surface area (Å²) in [4.78, 5) is 23.8. The Kier molecular flexibility index (Phi) is 6.42. The number of carbonyl (C=O) groups is 1. The van der Waals surface area contributed by atoms with Crippen molar-refractivity contribution in [3.05, 3.63) is 96.1 Å². The number of fused-ring (bicyclic) bond motifs is 1. The van der Waals surface area contributed by atoms with Gasteiger partial charge in [0.05, 0.1) is 17.4 Å². The van der Waals surface area contributed by atoms with E-state index in [9.17, 15) is 4.79 Å². The van der Waals surface area contributed by atoms with E-state index in [-0.39, 0.29) is 5.91 Å². The molecule has 5 rings (SSSR count). The van der Waals surface area contributed by atoms with Crippen molar-refractivity contribution in [1.82, 2.24) is 25.1 Å². The topological polar surface area (TPSA) is 96.0 Å². The molecule has 8 heteroatoms. The van der Waals surface area contributed by atoms with Crippen LogP contribution in [0.5, 0.6) is 11.6 Å². The summed E-state index contributed by atoms with van der Waals surface area (Å²) in [7, 11) is 4.05. The Labute approximate surface area is 209 Å². The number of hydrogen-bond donors (Lipinski definition) is 2. The summed E-state index contributed by atoms with van der Waals surface area (Å²) in [5, 5.41) is 10.8. The van der Waals surface area contributed by atoms with Crippen molar-refractivity contribution in [3.63, 3.8) is 0 Å². The summed E-state index contributed by atoms with van der Waals surface area (Å²) in [6, 6.07) is 19.2. The maximum absolute atomic E-state index is 13.0. The van der Waals surface area contributed by atoms with Gasteiger partial charge >= 0.3 is 0 Å². The SMILES string of the molecule is Cc1ccc(Oc2ccc(NC(=O)c3n[nH]c4ccc(-c5cncc(CN(C)C)c5)cc34)cn2)cc1. The summed E-state index contributed by atoms with van der Waals surface area (Å²) in [6.45, 7) is 2.81. The number of aromatic nitrogens is 4. The lowest BCUT2D eigenvalue weighted by Crippen LogP contribution is -2.13. The summed E-state index contributed by atoms with van der Waals surface area (Å²) in [5.74, 6) is 0.815. The molecule has 0 spiro atoms. The molecule has 3 aromatic heterocycles. The number of rotatable bonds is 7. The van der Waals surface area contributed by atoms with Gasteiger partial charge in [-0.2, -0.15) is 5.10 Å². The Morgan fingerprint density at radius 1 is 0.972 bits per heavy atom. The highest BCUT2D eigenvalue weighted by atomic mass is 16.5. The second-order valence-electron chi connectivity index (χ2n) is 8.91. The first-order valence-corrected chi connectivity index (χ1v) is 11.5. The zero-order chi connectivity index (χ0) is 25.1. The van der Waals surface area contributed by atoms with Gasteiger partial charge in [0.1, 0.15) is 5.75 Å². The van der Waals surface area contributed by atoms with E-state index in [4.69, 9.17) is 4.74 Å². The highest BCUT2D eigenvalue weighted by molar-refractivity contribution is 6.11. The van der Waals surface area contributed by atoms with E-state index in [1.165, 1.54) is 0 Å². The average molecular weight is 479 g/mol. The van der Waals surface area contributed by atoms with Crippen molar-refractivity contribution in [2.75, 3.05) is 19.4 Å². The van der Waals surface area contributed by atoms with Gasteiger partial charge in [0.15, 0.2) is 5.69 Å². The fraction of sp³-hybridized carbons (Fsp3) is 0.143. The van der Waals surface area contributed by atoms with Crippen LogP contribution in [0.4, 0.5) is 5.69 Å². The number of benzene rings is 2. The first-order valence-electron chi connectivity index (χ1n) is 11.5. The number of H-pyrrole nitrogens is 1. The highest BCUT2D eigenvalue weighted by Gasteiger charge is 2.16. The van der Waals surface area contributed by atoms with Crippen LogP contribution < -0.4 is 10.1 Å². The van der Waals surface area contributed by atoms with E-state index in [0.29, 0.717) is 23.0 Å². The maximum Gasteiger partial charge on any atom is 0.276 e. The van der Waals surface area contributed by atoms with Crippen molar-refractivity contribution in [1.29, 1.82) is 0 Å². The monoisotopic (exact) mass is 478 g/mol. The average Bonchev–Trinajstić information content (AvgIpc) is 3.30. The van der Waals surface area contributed by atoms with E-state index in [1.807, 2.05) is 75.9 Å².